The Morgan fingerprint density at radius 2 is 1.83 bits per heavy atom. The molecule has 0 aliphatic carbocycles. The van der Waals surface area contributed by atoms with E-state index in [9.17, 15) is 9.59 Å². The lowest BCUT2D eigenvalue weighted by Gasteiger charge is -2.13. The van der Waals surface area contributed by atoms with Gasteiger partial charge in [0, 0.05) is 10.0 Å². The molecular formula is C18H14BrNO4. The number of rotatable bonds is 6. The fraction of sp³-hybridized carbons (Fsp3) is 0.167. The second-order valence-corrected chi connectivity index (χ2v) is 5.82. The maximum Gasteiger partial charge on any atom is 0.344 e. The third kappa shape index (κ3) is 4.67. The van der Waals surface area contributed by atoms with E-state index >= 15 is 0 Å². The molecule has 5 nitrogen and oxygen atoms in total. The molecule has 0 saturated heterocycles. The Morgan fingerprint density at radius 1 is 1.17 bits per heavy atom. The maximum atomic E-state index is 12.2. The van der Waals surface area contributed by atoms with Crippen LogP contribution in [0.5, 0.6) is 5.75 Å². The summed E-state index contributed by atoms with van der Waals surface area (Å²) in [4.78, 5) is 24.0. The third-order valence-corrected chi connectivity index (χ3v) is 3.69. The number of carbonyl (C=O) groups is 2. The van der Waals surface area contributed by atoms with Gasteiger partial charge in [0.1, 0.15) is 11.8 Å². The number of ketones is 1. The minimum Gasteiger partial charge on any atom is -0.481 e. The summed E-state index contributed by atoms with van der Waals surface area (Å²) in [6, 6.07) is 15.3. The molecule has 122 valence electrons. The summed E-state index contributed by atoms with van der Waals surface area (Å²) < 4.78 is 11.2. The molecule has 0 unspecified atom stereocenters. The molecule has 2 aromatic rings. The van der Waals surface area contributed by atoms with Crippen LogP contribution in [0.15, 0.2) is 53.0 Å². The molecule has 0 amide bonds. The van der Waals surface area contributed by atoms with E-state index in [0.717, 1.165) is 4.47 Å². The first kappa shape index (κ1) is 17.7. The first-order valence-electron chi connectivity index (χ1n) is 7.12. The molecule has 0 aromatic heterocycles. The summed E-state index contributed by atoms with van der Waals surface area (Å²) in [5, 5.41) is 8.95. The van der Waals surface area contributed by atoms with E-state index in [1.807, 2.05) is 6.07 Å². The lowest BCUT2D eigenvalue weighted by atomic mass is 10.1. The standard InChI is InChI=1S/C18H14BrNO4/c1-12(18(22)13-6-8-15(19)9-7-13)24-17(21)11-23-16-5-3-2-4-14(16)10-20/h2-9,12H,11H2,1H3/t12-/m1/s1. The van der Waals surface area contributed by atoms with Gasteiger partial charge in [0.25, 0.3) is 0 Å². The van der Waals surface area contributed by atoms with E-state index < -0.39 is 12.1 Å². The Labute approximate surface area is 147 Å². The van der Waals surface area contributed by atoms with Crippen molar-refractivity contribution in [2.45, 2.75) is 13.0 Å². The molecule has 0 aliphatic heterocycles. The molecular weight excluding hydrogens is 374 g/mol. The maximum absolute atomic E-state index is 12.2. The average molecular weight is 388 g/mol. The van der Waals surface area contributed by atoms with Gasteiger partial charge in [0.15, 0.2) is 12.7 Å². The highest BCUT2D eigenvalue weighted by atomic mass is 79.9. The number of nitriles is 1. The molecule has 6 heteroatoms. The predicted molar refractivity (Wildman–Crippen MR) is 90.7 cm³/mol. The minimum atomic E-state index is -0.923. The molecule has 0 bridgehead atoms. The van der Waals surface area contributed by atoms with Crippen LogP contribution in [0.3, 0.4) is 0 Å². The van der Waals surface area contributed by atoms with Gasteiger partial charge in [-0.3, -0.25) is 4.79 Å². The number of para-hydroxylation sites is 1. The van der Waals surface area contributed by atoms with Gasteiger partial charge in [-0.25, -0.2) is 4.79 Å². The lowest BCUT2D eigenvalue weighted by molar-refractivity contribution is -0.148. The smallest absolute Gasteiger partial charge is 0.344 e. The molecule has 0 heterocycles. The number of ether oxygens (including phenoxy) is 2. The van der Waals surface area contributed by atoms with Crippen LogP contribution in [0.4, 0.5) is 0 Å². The van der Waals surface area contributed by atoms with Crippen LogP contribution >= 0.6 is 15.9 Å². The molecule has 2 rings (SSSR count). The van der Waals surface area contributed by atoms with Crippen LogP contribution in [-0.2, 0) is 9.53 Å². The van der Waals surface area contributed by atoms with E-state index in [4.69, 9.17) is 14.7 Å². The molecule has 24 heavy (non-hydrogen) atoms. The topological polar surface area (TPSA) is 76.4 Å². The molecule has 0 spiro atoms. The largest absolute Gasteiger partial charge is 0.481 e. The van der Waals surface area contributed by atoms with Crippen molar-refractivity contribution in [1.82, 2.24) is 0 Å². The third-order valence-electron chi connectivity index (χ3n) is 3.16. The van der Waals surface area contributed by atoms with Crippen LogP contribution in [-0.4, -0.2) is 24.5 Å². The average Bonchev–Trinajstić information content (AvgIpc) is 2.60. The van der Waals surface area contributed by atoms with Crippen LogP contribution < -0.4 is 4.74 Å². The van der Waals surface area contributed by atoms with E-state index in [1.165, 1.54) is 6.92 Å². The predicted octanol–water partition coefficient (Wildman–Crippen LogP) is 3.51. The van der Waals surface area contributed by atoms with Crippen molar-refractivity contribution in [2.75, 3.05) is 6.61 Å². The number of benzene rings is 2. The zero-order chi connectivity index (χ0) is 17.5. The van der Waals surface area contributed by atoms with E-state index in [0.29, 0.717) is 16.9 Å². The normalized spacial score (nSPS) is 11.2. The van der Waals surface area contributed by atoms with Crippen molar-refractivity contribution in [2.24, 2.45) is 0 Å². The van der Waals surface area contributed by atoms with Crippen LogP contribution in [0.25, 0.3) is 0 Å². The SMILES string of the molecule is C[C@@H](OC(=O)COc1ccccc1C#N)C(=O)c1ccc(Br)cc1. The Bertz CT molecular complexity index is 780. The lowest BCUT2D eigenvalue weighted by Crippen LogP contribution is -2.27. The highest BCUT2D eigenvalue weighted by molar-refractivity contribution is 9.10. The van der Waals surface area contributed by atoms with E-state index in [1.54, 1.807) is 48.5 Å². The molecule has 0 radical (unpaired) electrons. The van der Waals surface area contributed by atoms with Gasteiger partial charge < -0.3 is 9.47 Å². The second kappa shape index (κ2) is 8.27. The summed E-state index contributed by atoms with van der Waals surface area (Å²) >= 11 is 3.29. The number of esters is 1. The number of hydrogen-bond acceptors (Lipinski definition) is 5. The Kier molecular flexibility index (Phi) is 6.10. The second-order valence-electron chi connectivity index (χ2n) is 4.90. The van der Waals surface area contributed by atoms with Crippen molar-refractivity contribution in [3.05, 3.63) is 64.1 Å². The number of Topliss-reactive ketones (excluding diaryl/α,β-unsaturated/α-hetero) is 1. The number of halogens is 1. The quantitative estimate of drug-likeness (QED) is 0.559. The number of nitrogens with zero attached hydrogens (tertiary/aromatic N) is 1. The van der Waals surface area contributed by atoms with Crippen LogP contribution in [0, 0.1) is 11.3 Å². The molecule has 1 atom stereocenters. The van der Waals surface area contributed by atoms with Gasteiger partial charge >= 0.3 is 5.97 Å². The van der Waals surface area contributed by atoms with Crippen molar-refractivity contribution < 1.29 is 19.1 Å². The molecule has 2 aromatic carbocycles. The Balaban J connectivity index is 1.91. The van der Waals surface area contributed by atoms with Crippen molar-refractivity contribution >= 4 is 27.7 Å². The van der Waals surface area contributed by atoms with Crippen molar-refractivity contribution in [3.63, 3.8) is 0 Å². The summed E-state index contributed by atoms with van der Waals surface area (Å²) in [6.07, 6.45) is -0.923. The molecule has 0 fully saturated rings. The van der Waals surface area contributed by atoms with Gasteiger partial charge in [-0.15, -0.1) is 0 Å². The van der Waals surface area contributed by atoms with Gasteiger partial charge in [0.05, 0.1) is 5.56 Å². The monoisotopic (exact) mass is 387 g/mol. The Hall–Kier alpha value is -2.65. The summed E-state index contributed by atoms with van der Waals surface area (Å²) in [5.74, 6) is -0.683. The number of hydrogen-bond donors (Lipinski definition) is 0. The van der Waals surface area contributed by atoms with Crippen LogP contribution in [0.2, 0.25) is 0 Å². The van der Waals surface area contributed by atoms with E-state index in [2.05, 4.69) is 15.9 Å². The summed E-state index contributed by atoms with van der Waals surface area (Å²) in [6.45, 7) is 1.13. The highest BCUT2D eigenvalue weighted by Gasteiger charge is 2.20. The fourth-order valence-electron chi connectivity index (χ4n) is 1.96. The van der Waals surface area contributed by atoms with Gasteiger partial charge in [-0.1, -0.05) is 40.2 Å². The van der Waals surface area contributed by atoms with Crippen LogP contribution in [0.1, 0.15) is 22.8 Å². The summed E-state index contributed by atoms with van der Waals surface area (Å²) in [7, 11) is 0. The van der Waals surface area contributed by atoms with Gasteiger partial charge in [-0.2, -0.15) is 5.26 Å². The van der Waals surface area contributed by atoms with Crippen molar-refractivity contribution in [1.29, 1.82) is 5.26 Å². The zero-order valence-corrected chi connectivity index (χ0v) is 14.4. The van der Waals surface area contributed by atoms with Crippen molar-refractivity contribution in [3.8, 4) is 11.8 Å². The molecule has 0 aliphatic rings. The molecule has 0 N–H and O–H groups in total. The van der Waals surface area contributed by atoms with Gasteiger partial charge in [-0.05, 0) is 31.2 Å². The highest BCUT2D eigenvalue weighted by Crippen LogP contribution is 2.17. The number of carbonyl (C=O) groups excluding carboxylic acids is 2. The fourth-order valence-corrected chi connectivity index (χ4v) is 2.22. The van der Waals surface area contributed by atoms with E-state index in [-0.39, 0.29) is 12.4 Å². The minimum absolute atomic E-state index is 0.295. The zero-order valence-electron chi connectivity index (χ0n) is 12.9. The first-order chi connectivity index (χ1) is 11.5. The Morgan fingerprint density at radius 3 is 2.50 bits per heavy atom. The van der Waals surface area contributed by atoms with Gasteiger partial charge in [0.2, 0.25) is 5.78 Å². The molecule has 0 saturated carbocycles. The summed E-state index contributed by atoms with van der Waals surface area (Å²) in [5.41, 5.74) is 0.776. The first-order valence-corrected chi connectivity index (χ1v) is 7.91.